The molecule has 2 saturated heterocycles. The normalized spacial score (nSPS) is 35.5. The first-order valence-corrected chi connectivity index (χ1v) is 10.4. The molecule has 4 heterocycles. The average molecular weight is 373 g/mol. The number of carbonyl (C=O) groups is 2. The van der Waals surface area contributed by atoms with Crippen LogP contribution in [0.2, 0.25) is 0 Å². The van der Waals surface area contributed by atoms with Crippen molar-refractivity contribution in [3.05, 3.63) is 28.7 Å². The van der Waals surface area contributed by atoms with Gasteiger partial charge in [-0.15, -0.1) is 11.3 Å². The number of fused-ring (bicyclic) bond motifs is 1. The molecule has 7 heteroatoms. The van der Waals surface area contributed by atoms with Crippen molar-refractivity contribution < 1.29 is 14.3 Å². The fourth-order valence-corrected chi connectivity index (χ4v) is 5.76. The molecular formula is C19H23N3O3S. The molecule has 1 N–H and O–H groups in total. The third kappa shape index (κ3) is 2.44. The lowest BCUT2D eigenvalue weighted by molar-refractivity contribution is -0.138. The Hall–Kier alpha value is -1.73. The summed E-state index contributed by atoms with van der Waals surface area (Å²) in [5.74, 6) is -0.721. The molecule has 2 bridgehead atoms. The number of hydrogen-bond donors (Lipinski definition) is 1. The maximum atomic E-state index is 13.2. The Morgan fingerprint density at radius 1 is 1.42 bits per heavy atom. The van der Waals surface area contributed by atoms with E-state index in [1.165, 1.54) is 12.8 Å². The molecule has 2 amide bonds. The highest BCUT2D eigenvalue weighted by molar-refractivity contribution is 7.09. The second kappa shape index (κ2) is 6.16. The third-order valence-electron chi connectivity index (χ3n) is 6.32. The van der Waals surface area contributed by atoms with Crippen LogP contribution in [0.1, 0.15) is 30.7 Å². The number of carbonyl (C=O) groups excluding carboxylic acids is 2. The van der Waals surface area contributed by atoms with Gasteiger partial charge in [0.1, 0.15) is 5.60 Å². The number of rotatable bonds is 5. The van der Waals surface area contributed by atoms with Gasteiger partial charge < -0.3 is 15.0 Å². The summed E-state index contributed by atoms with van der Waals surface area (Å²) in [6.45, 7) is 1.15. The Morgan fingerprint density at radius 2 is 2.27 bits per heavy atom. The predicted octanol–water partition coefficient (Wildman–Crippen LogP) is 1.53. The quantitative estimate of drug-likeness (QED) is 0.795. The van der Waals surface area contributed by atoms with E-state index >= 15 is 0 Å². The molecule has 3 aliphatic heterocycles. The van der Waals surface area contributed by atoms with Crippen LogP contribution in [0.15, 0.2) is 23.7 Å². The van der Waals surface area contributed by atoms with Crippen LogP contribution in [0.5, 0.6) is 0 Å². The molecule has 6 nitrogen and oxygen atoms in total. The van der Waals surface area contributed by atoms with Gasteiger partial charge in [0.15, 0.2) is 0 Å². The molecule has 4 atom stereocenters. The summed E-state index contributed by atoms with van der Waals surface area (Å²) in [5.41, 5.74) is -0.582. The van der Waals surface area contributed by atoms with Crippen LogP contribution in [0, 0.1) is 11.8 Å². The molecule has 1 aliphatic carbocycles. The zero-order valence-corrected chi connectivity index (χ0v) is 15.4. The lowest BCUT2D eigenvalue weighted by Gasteiger charge is -2.27. The van der Waals surface area contributed by atoms with Crippen LogP contribution in [0.3, 0.4) is 0 Å². The van der Waals surface area contributed by atoms with E-state index < -0.39 is 11.5 Å². The molecule has 138 valence electrons. The number of thiazole rings is 1. The smallest absolute Gasteiger partial charge is 0.230 e. The molecule has 1 saturated carbocycles. The van der Waals surface area contributed by atoms with Crippen molar-refractivity contribution in [2.24, 2.45) is 11.8 Å². The van der Waals surface area contributed by atoms with Crippen molar-refractivity contribution in [3.8, 4) is 0 Å². The first-order chi connectivity index (χ1) is 12.7. The second-order valence-electron chi connectivity index (χ2n) is 7.77. The summed E-state index contributed by atoms with van der Waals surface area (Å²) in [4.78, 5) is 32.3. The Bertz CT molecular complexity index is 743. The number of aromatic nitrogens is 1. The van der Waals surface area contributed by atoms with E-state index in [-0.39, 0.29) is 23.8 Å². The van der Waals surface area contributed by atoms with Crippen molar-refractivity contribution in [1.29, 1.82) is 0 Å². The van der Waals surface area contributed by atoms with Gasteiger partial charge in [0.2, 0.25) is 11.8 Å². The molecule has 3 fully saturated rings. The number of hydrogen-bond acceptors (Lipinski definition) is 5. The Kier molecular flexibility index (Phi) is 3.90. The summed E-state index contributed by atoms with van der Waals surface area (Å²) >= 11 is 1.59. The Morgan fingerprint density at radius 3 is 3.04 bits per heavy atom. The zero-order valence-electron chi connectivity index (χ0n) is 14.6. The Balaban J connectivity index is 1.30. The molecular weight excluding hydrogens is 350 g/mol. The van der Waals surface area contributed by atoms with Crippen LogP contribution >= 0.6 is 11.3 Å². The van der Waals surface area contributed by atoms with Crippen LogP contribution in [-0.2, 0) is 20.7 Å². The van der Waals surface area contributed by atoms with Gasteiger partial charge >= 0.3 is 0 Å². The highest BCUT2D eigenvalue weighted by Crippen LogP contribution is 2.52. The number of nitrogens with zero attached hydrogens (tertiary/aromatic N) is 2. The van der Waals surface area contributed by atoms with Gasteiger partial charge in [-0.3, -0.25) is 9.59 Å². The largest absolute Gasteiger partial charge is 0.360 e. The molecule has 0 radical (unpaired) electrons. The molecule has 1 aromatic heterocycles. The van der Waals surface area contributed by atoms with Gasteiger partial charge in [-0.1, -0.05) is 25.0 Å². The summed E-state index contributed by atoms with van der Waals surface area (Å²) < 4.78 is 6.19. The minimum Gasteiger partial charge on any atom is -0.360 e. The fraction of sp³-hybridized carbons (Fsp3) is 0.632. The average Bonchev–Trinajstić information content (AvgIpc) is 3.43. The summed E-state index contributed by atoms with van der Waals surface area (Å²) in [6, 6.07) is 0.326. The first-order valence-electron chi connectivity index (χ1n) is 9.52. The summed E-state index contributed by atoms with van der Waals surface area (Å²) in [6.07, 6.45) is 10.8. The van der Waals surface area contributed by atoms with Crippen LogP contribution in [0.4, 0.5) is 0 Å². The Labute approximate surface area is 156 Å². The van der Waals surface area contributed by atoms with Gasteiger partial charge in [0, 0.05) is 30.6 Å². The minimum absolute atomic E-state index is 0.0654. The summed E-state index contributed by atoms with van der Waals surface area (Å²) in [7, 11) is 0. The van der Waals surface area contributed by atoms with Crippen molar-refractivity contribution in [3.63, 3.8) is 0 Å². The van der Waals surface area contributed by atoms with Gasteiger partial charge in [-0.2, -0.15) is 0 Å². The number of nitrogens with one attached hydrogen (secondary N) is 1. The van der Waals surface area contributed by atoms with Gasteiger partial charge in [0.25, 0.3) is 0 Å². The van der Waals surface area contributed by atoms with Crippen molar-refractivity contribution >= 4 is 23.2 Å². The monoisotopic (exact) mass is 373 g/mol. The molecule has 1 spiro atoms. The third-order valence-corrected chi connectivity index (χ3v) is 7.16. The van der Waals surface area contributed by atoms with E-state index in [9.17, 15) is 9.59 Å². The van der Waals surface area contributed by atoms with Crippen molar-refractivity contribution in [2.75, 3.05) is 13.1 Å². The van der Waals surface area contributed by atoms with Gasteiger partial charge in [0.05, 0.1) is 29.5 Å². The maximum Gasteiger partial charge on any atom is 0.230 e. The van der Waals surface area contributed by atoms with E-state index in [2.05, 4.69) is 10.3 Å². The SMILES string of the molecule is O=C(NCCc1nccs1)C1C2C=C[C@@]3(CN(C4CCCC4)C(=O)C13)O2. The lowest BCUT2D eigenvalue weighted by atomic mass is 9.77. The van der Waals surface area contributed by atoms with E-state index in [0.717, 1.165) is 24.3 Å². The van der Waals surface area contributed by atoms with Crippen LogP contribution in [0.25, 0.3) is 0 Å². The second-order valence-corrected chi connectivity index (χ2v) is 8.75. The molecule has 5 rings (SSSR count). The van der Waals surface area contributed by atoms with E-state index in [4.69, 9.17) is 4.74 Å². The lowest BCUT2D eigenvalue weighted by Crippen LogP contribution is -2.45. The standard InChI is InChI=1S/C19H23N3O3S/c23-17(21-8-6-14-20-9-10-26-14)15-13-5-7-19(25-13)11-22(18(24)16(15)19)12-3-1-2-4-12/h5,7,9-10,12-13,15-16H,1-4,6,8,11H2,(H,21,23)/t13?,15?,16?,19-/m0/s1. The first kappa shape index (κ1) is 16.4. The van der Waals surface area contributed by atoms with Crippen molar-refractivity contribution in [2.45, 2.75) is 49.9 Å². The van der Waals surface area contributed by atoms with Gasteiger partial charge in [-0.05, 0) is 12.8 Å². The molecule has 26 heavy (non-hydrogen) atoms. The van der Waals surface area contributed by atoms with E-state index in [0.29, 0.717) is 19.1 Å². The fourth-order valence-electron chi connectivity index (χ4n) is 5.14. The number of likely N-dealkylation sites (tertiary alicyclic amines) is 1. The number of amides is 2. The maximum absolute atomic E-state index is 13.2. The van der Waals surface area contributed by atoms with E-state index in [1.807, 2.05) is 22.4 Å². The predicted molar refractivity (Wildman–Crippen MR) is 96.5 cm³/mol. The molecule has 4 aliphatic rings. The van der Waals surface area contributed by atoms with E-state index in [1.54, 1.807) is 17.5 Å². The zero-order chi connectivity index (χ0) is 17.7. The molecule has 1 aromatic rings. The highest BCUT2D eigenvalue weighted by Gasteiger charge is 2.67. The van der Waals surface area contributed by atoms with Gasteiger partial charge in [-0.25, -0.2) is 4.98 Å². The van der Waals surface area contributed by atoms with Crippen LogP contribution < -0.4 is 5.32 Å². The summed E-state index contributed by atoms with van der Waals surface area (Å²) in [5, 5.41) is 5.95. The number of ether oxygens (including phenoxy) is 1. The van der Waals surface area contributed by atoms with Crippen LogP contribution in [-0.4, -0.2) is 52.5 Å². The minimum atomic E-state index is -0.582. The van der Waals surface area contributed by atoms with Crippen molar-refractivity contribution in [1.82, 2.24) is 15.2 Å². The topological polar surface area (TPSA) is 71.5 Å². The highest BCUT2D eigenvalue weighted by atomic mass is 32.1. The molecule has 3 unspecified atom stereocenters. The molecule has 0 aromatic carbocycles.